The highest BCUT2D eigenvalue weighted by Crippen LogP contribution is 2.24. The van der Waals surface area contributed by atoms with Gasteiger partial charge in [-0.15, -0.1) is 0 Å². The predicted octanol–water partition coefficient (Wildman–Crippen LogP) is 6.97. The van der Waals surface area contributed by atoms with E-state index in [4.69, 9.17) is 0 Å². The van der Waals surface area contributed by atoms with Crippen LogP contribution in [0.2, 0.25) is 0 Å². The fourth-order valence-electron chi connectivity index (χ4n) is 3.67. The maximum absolute atomic E-state index is 4.52. The van der Waals surface area contributed by atoms with Crippen LogP contribution >= 0.6 is 0 Å². The number of aliphatic imine (C=N–C) groups is 2. The third-order valence-electron chi connectivity index (χ3n) is 5.59. The molecule has 4 heterocycles. The topological polar surface area (TPSA) is 59.3 Å². The molecule has 0 radical (unpaired) electrons. The van der Waals surface area contributed by atoms with Crippen molar-refractivity contribution in [3.63, 3.8) is 0 Å². The summed E-state index contributed by atoms with van der Waals surface area (Å²) < 4.78 is 4.12. The number of nitrogens with zero attached hydrogens (tertiary/aromatic N) is 6. The van der Waals surface area contributed by atoms with Crippen molar-refractivity contribution in [2.45, 2.75) is 46.5 Å². The lowest BCUT2D eigenvalue weighted by atomic mass is 10.1. The molecule has 0 fully saturated rings. The summed E-state index contributed by atoms with van der Waals surface area (Å²) in [5.74, 6) is 1.73. The molecule has 6 nitrogen and oxygen atoms in total. The third-order valence-corrected chi connectivity index (χ3v) is 5.59. The maximum Gasteiger partial charge on any atom is 0.178 e. The summed E-state index contributed by atoms with van der Waals surface area (Å²) in [6.07, 6.45) is 11.4. The Kier molecular flexibility index (Phi) is 7.95. The molecule has 176 valence electrons. The Morgan fingerprint density at radius 1 is 0.824 bits per heavy atom. The minimum absolute atomic E-state index is 0.498. The van der Waals surface area contributed by atoms with E-state index in [1.165, 1.54) is 11.1 Å². The van der Waals surface area contributed by atoms with Gasteiger partial charge in [0.1, 0.15) is 17.0 Å². The standard InChI is InChI=1S/2C14H17N3/c1-5-13-12(8-15-4)16-14-7-6-11(10(2)3)9-17(13)14;1-5-12-14(15-6-2)16-13-8-7-11(10(3)4)9-17(12)13/h2*5-10H,1H2,2-4H3/b;15-6-. The average Bonchev–Trinajstić information content (AvgIpc) is 3.35. The van der Waals surface area contributed by atoms with Crippen LogP contribution in [0.4, 0.5) is 5.82 Å². The van der Waals surface area contributed by atoms with Gasteiger partial charge in [-0.1, -0.05) is 53.0 Å². The summed E-state index contributed by atoms with van der Waals surface area (Å²) in [4.78, 5) is 17.3. The van der Waals surface area contributed by atoms with Crippen LogP contribution < -0.4 is 0 Å². The van der Waals surface area contributed by atoms with Gasteiger partial charge in [0.25, 0.3) is 0 Å². The second-order valence-corrected chi connectivity index (χ2v) is 8.58. The molecule has 34 heavy (non-hydrogen) atoms. The molecular formula is C28H34N6. The smallest absolute Gasteiger partial charge is 0.178 e. The monoisotopic (exact) mass is 454 g/mol. The zero-order valence-electron chi connectivity index (χ0n) is 21.0. The van der Waals surface area contributed by atoms with E-state index in [0.717, 1.165) is 34.2 Å². The van der Waals surface area contributed by atoms with Crippen molar-refractivity contribution in [1.82, 2.24) is 18.8 Å². The first kappa shape index (κ1) is 24.8. The molecule has 0 unspecified atom stereocenters. The summed E-state index contributed by atoms with van der Waals surface area (Å²) in [6, 6.07) is 8.29. The number of rotatable bonds is 6. The molecule has 0 aliphatic heterocycles. The van der Waals surface area contributed by atoms with E-state index >= 15 is 0 Å². The van der Waals surface area contributed by atoms with Crippen LogP contribution in [0.15, 0.2) is 59.8 Å². The van der Waals surface area contributed by atoms with E-state index in [0.29, 0.717) is 11.8 Å². The van der Waals surface area contributed by atoms with Crippen LogP contribution in [-0.4, -0.2) is 38.2 Å². The van der Waals surface area contributed by atoms with Crippen molar-refractivity contribution in [2.75, 3.05) is 7.05 Å². The Morgan fingerprint density at radius 3 is 1.82 bits per heavy atom. The number of pyridine rings is 2. The Labute approximate surface area is 202 Å². The first-order valence-corrected chi connectivity index (χ1v) is 11.5. The van der Waals surface area contributed by atoms with E-state index in [2.05, 4.69) is 89.7 Å². The van der Waals surface area contributed by atoms with Gasteiger partial charge in [0, 0.05) is 31.9 Å². The lowest BCUT2D eigenvalue weighted by molar-refractivity contribution is 0.853. The molecule has 0 amide bonds. The molecule has 0 bridgehead atoms. The van der Waals surface area contributed by atoms with Gasteiger partial charge in [-0.3, -0.25) is 13.8 Å². The van der Waals surface area contributed by atoms with Crippen molar-refractivity contribution in [3.8, 4) is 0 Å². The minimum Gasteiger partial charge on any atom is -0.299 e. The molecule has 6 heteroatoms. The molecule has 4 aromatic rings. The van der Waals surface area contributed by atoms with Crippen molar-refractivity contribution >= 4 is 41.7 Å². The average molecular weight is 455 g/mol. The highest BCUT2D eigenvalue weighted by Gasteiger charge is 2.10. The van der Waals surface area contributed by atoms with Gasteiger partial charge in [0.2, 0.25) is 0 Å². The summed E-state index contributed by atoms with van der Waals surface area (Å²) >= 11 is 0. The van der Waals surface area contributed by atoms with E-state index in [1.54, 1.807) is 25.6 Å². The summed E-state index contributed by atoms with van der Waals surface area (Å²) in [5.41, 5.74) is 7.21. The fourth-order valence-corrected chi connectivity index (χ4v) is 3.67. The Morgan fingerprint density at radius 2 is 1.35 bits per heavy atom. The summed E-state index contributed by atoms with van der Waals surface area (Å²) in [7, 11) is 1.75. The second-order valence-electron chi connectivity index (χ2n) is 8.58. The largest absolute Gasteiger partial charge is 0.299 e. The fraction of sp³-hybridized carbons (Fsp3) is 0.286. The van der Waals surface area contributed by atoms with Gasteiger partial charge < -0.3 is 0 Å². The van der Waals surface area contributed by atoms with Crippen molar-refractivity contribution in [2.24, 2.45) is 9.98 Å². The molecule has 0 saturated heterocycles. The SMILES string of the molecule is C=Cc1c(/N=C\C)nc2ccc(C(C)C)cn12.C=Cc1c(C=NC)nc2ccc(C(C)C)cn12. The molecule has 0 atom stereocenters. The molecular weight excluding hydrogens is 420 g/mol. The van der Waals surface area contributed by atoms with Gasteiger partial charge in [-0.05, 0) is 54.2 Å². The van der Waals surface area contributed by atoms with Crippen LogP contribution in [0.5, 0.6) is 0 Å². The van der Waals surface area contributed by atoms with Gasteiger partial charge in [0.15, 0.2) is 5.82 Å². The van der Waals surface area contributed by atoms with Crippen molar-refractivity contribution in [1.29, 1.82) is 0 Å². The molecule has 4 rings (SSSR count). The first-order valence-electron chi connectivity index (χ1n) is 11.5. The van der Waals surface area contributed by atoms with Crippen LogP contribution in [0.3, 0.4) is 0 Å². The zero-order valence-corrected chi connectivity index (χ0v) is 21.0. The molecule has 0 aliphatic rings. The number of fused-ring (bicyclic) bond motifs is 2. The summed E-state index contributed by atoms with van der Waals surface area (Å²) in [5, 5.41) is 0. The van der Waals surface area contributed by atoms with Gasteiger partial charge in [-0.2, -0.15) is 0 Å². The van der Waals surface area contributed by atoms with Crippen LogP contribution in [-0.2, 0) is 0 Å². The molecule has 0 spiro atoms. The van der Waals surface area contributed by atoms with Crippen molar-refractivity contribution in [3.05, 3.63) is 78.0 Å². The normalized spacial score (nSPS) is 11.8. The van der Waals surface area contributed by atoms with Crippen molar-refractivity contribution < 1.29 is 0 Å². The van der Waals surface area contributed by atoms with E-state index in [-0.39, 0.29) is 0 Å². The quantitative estimate of drug-likeness (QED) is 0.295. The highest BCUT2D eigenvalue weighted by molar-refractivity contribution is 5.83. The maximum atomic E-state index is 4.52. The zero-order chi connectivity index (χ0) is 24.8. The molecule has 0 aliphatic carbocycles. The molecule has 0 aromatic carbocycles. The van der Waals surface area contributed by atoms with Crippen LogP contribution in [0.1, 0.15) is 74.7 Å². The van der Waals surface area contributed by atoms with Crippen LogP contribution in [0, 0.1) is 0 Å². The van der Waals surface area contributed by atoms with E-state index in [9.17, 15) is 0 Å². The Balaban J connectivity index is 0.000000191. The summed E-state index contributed by atoms with van der Waals surface area (Å²) in [6.45, 7) is 18.3. The number of hydrogen-bond donors (Lipinski definition) is 0. The van der Waals surface area contributed by atoms with Crippen LogP contribution in [0.25, 0.3) is 23.4 Å². The van der Waals surface area contributed by atoms with E-state index < -0.39 is 0 Å². The Bertz CT molecular complexity index is 1260. The Hall–Kier alpha value is -3.80. The molecule has 4 aromatic heterocycles. The number of aromatic nitrogens is 4. The minimum atomic E-state index is 0.498. The van der Waals surface area contributed by atoms with Gasteiger partial charge in [0.05, 0.1) is 11.4 Å². The lowest BCUT2D eigenvalue weighted by Gasteiger charge is -2.06. The number of imidazole rings is 2. The first-order chi connectivity index (χ1) is 16.3. The van der Waals surface area contributed by atoms with Gasteiger partial charge >= 0.3 is 0 Å². The second kappa shape index (κ2) is 10.9. The highest BCUT2D eigenvalue weighted by atomic mass is 15.1. The number of hydrogen-bond acceptors (Lipinski definition) is 4. The predicted molar refractivity (Wildman–Crippen MR) is 146 cm³/mol. The van der Waals surface area contributed by atoms with Gasteiger partial charge in [-0.25, -0.2) is 15.0 Å². The third kappa shape index (κ3) is 5.06. The lowest BCUT2D eigenvalue weighted by Crippen LogP contribution is -1.94. The molecule has 0 N–H and O–H groups in total. The molecule has 0 saturated carbocycles. The van der Waals surface area contributed by atoms with E-state index in [1.807, 2.05) is 29.5 Å².